The van der Waals surface area contributed by atoms with Crippen LogP contribution in [0.3, 0.4) is 0 Å². The third kappa shape index (κ3) is 55.3. The van der Waals surface area contributed by atoms with E-state index < -0.39 is 0 Å². The molecule has 0 saturated carbocycles. The summed E-state index contributed by atoms with van der Waals surface area (Å²) in [6, 6.07) is 0. The zero-order valence-corrected chi connectivity index (χ0v) is 50.8. The summed E-state index contributed by atoms with van der Waals surface area (Å²) >= 11 is 0. The van der Waals surface area contributed by atoms with Crippen LogP contribution in [0.5, 0.6) is 0 Å². The van der Waals surface area contributed by atoms with Gasteiger partial charge in [-0.2, -0.15) is 0 Å². The zero-order chi connectivity index (χ0) is 54.0. The van der Waals surface area contributed by atoms with Crippen molar-refractivity contribution < 1.29 is 33.6 Å². The van der Waals surface area contributed by atoms with Crippen molar-refractivity contribution in [1.82, 2.24) is 4.90 Å². The van der Waals surface area contributed by atoms with E-state index in [0.29, 0.717) is 38.9 Å². The Bertz CT molecular complexity index is 995. The number of aliphatic hydroxyl groups is 1. The number of nitrogens with zero attached hydrogens (tertiary/aromatic N) is 1. The fraction of sp³-hybridized carbons (Fsp3) is 0.969. The SMILES string of the molecule is CCCCCCCCCCC.CCCCCCCCCCC.CCCCCCCCCCOC(C)CCC(=O)OCCC1(CCOC(=O)CCC(C)OCCCCCCCCCC)CCN(CCCCO)CC1. The van der Waals surface area contributed by atoms with E-state index in [9.17, 15) is 14.7 Å². The summed E-state index contributed by atoms with van der Waals surface area (Å²) in [4.78, 5) is 27.7. The molecule has 0 radical (unpaired) electrons. The first-order chi connectivity index (χ1) is 35.7. The zero-order valence-electron chi connectivity index (χ0n) is 50.8. The van der Waals surface area contributed by atoms with Crippen LogP contribution in [-0.4, -0.2) is 86.8 Å². The van der Waals surface area contributed by atoms with E-state index in [1.165, 1.54) is 205 Å². The van der Waals surface area contributed by atoms with Gasteiger partial charge >= 0.3 is 11.9 Å². The van der Waals surface area contributed by atoms with Crippen molar-refractivity contribution in [2.24, 2.45) is 5.41 Å². The highest BCUT2D eigenvalue weighted by Crippen LogP contribution is 2.39. The number of carbonyl (C=O) groups is 2. The molecule has 2 unspecified atom stereocenters. The van der Waals surface area contributed by atoms with E-state index in [-0.39, 0.29) is 36.2 Å². The Morgan fingerprint density at radius 1 is 0.411 bits per heavy atom. The Morgan fingerprint density at radius 2 is 0.699 bits per heavy atom. The van der Waals surface area contributed by atoms with Gasteiger partial charge in [0.25, 0.3) is 0 Å². The lowest BCUT2D eigenvalue weighted by Gasteiger charge is -2.42. The number of aliphatic hydroxyl groups excluding tert-OH is 1. The van der Waals surface area contributed by atoms with E-state index >= 15 is 0 Å². The number of likely N-dealkylation sites (tertiary alicyclic amines) is 1. The molecule has 0 aromatic heterocycles. The Morgan fingerprint density at radius 3 is 0.986 bits per heavy atom. The summed E-state index contributed by atoms with van der Waals surface area (Å²) in [5.41, 5.74) is -0.00710. The molecule has 0 spiro atoms. The van der Waals surface area contributed by atoms with Crippen molar-refractivity contribution >= 4 is 11.9 Å². The number of hydrogen-bond acceptors (Lipinski definition) is 8. The van der Waals surface area contributed by atoms with Crippen molar-refractivity contribution in [2.75, 3.05) is 52.7 Å². The molecule has 1 aliphatic heterocycles. The van der Waals surface area contributed by atoms with Crippen LogP contribution in [-0.2, 0) is 28.5 Å². The van der Waals surface area contributed by atoms with Crippen LogP contribution in [0.4, 0.5) is 0 Å². The summed E-state index contributed by atoms with van der Waals surface area (Å²) in [5.74, 6) is -0.307. The molecular weight excluding hydrogens is 907 g/mol. The fourth-order valence-corrected chi connectivity index (χ4v) is 9.85. The molecule has 2 atom stereocenters. The molecule has 1 heterocycles. The number of ether oxygens (including phenoxy) is 4. The normalized spacial score (nSPS) is 14.2. The van der Waals surface area contributed by atoms with Crippen LogP contribution in [0.2, 0.25) is 0 Å². The largest absolute Gasteiger partial charge is 0.466 e. The average molecular weight is 1040 g/mol. The highest BCUT2D eigenvalue weighted by atomic mass is 16.5. The molecule has 1 saturated heterocycles. The first kappa shape index (κ1) is 73.9. The van der Waals surface area contributed by atoms with Crippen molar-refractivity contribution in [2.45, 2.75) is 350 Å². The van der Waals surface area contributed by atoms with E-state index in [1.807, 2.05) is 13.8 Å². The monoisotopic (exact) mass is 1040 g/mol. The number of esters is 2. The Kier molecular flexibility index (Phi) is 60.7. The molecule has 1 rings (SSSR count). The molecule has 8 heteroatoms. The number of piperidine rings is 1. The second kappa shape index (κ2) is 60.0. The number of unbranched alkanes of at least 4 members (excludes halogenated alkanes) is 31. The molecular formula is C65H131NO7. The Balaban J connectivity index is 0. The summed E-state index contributed by atoms with van der Waals surface area (Å²) in [6.07, 6.45) is 54.1. The summed E-state index contributed by atoms with van der Waals surface area (Å²) in [7, 11) is 0. The molecule has 0 aromatic carbocycles. The maximum absolute atomic E-state index is 12.6. The van der Waals surface area contributed by atoms with E-state index in [2.05, 4.69) is 46.4 Å². The molecule has 438 valence electrons. The molecule has 1 aliphatic rings. The maximum atomic E-state index is 12.6. The van der Waals surface area contributed by atoms with Crippen LogP contribution in [0.1, 0.15) is 338 Å². The molecule has 1 N–H and O–H groups in total. The van der Waals surface area contributed by atoms with Crippen LogP contribution in [0.15, 0.2) is 0 Å². The minimum Gasteiger partial charge on any atom is -0.466 e. The lowest BCUT2D eigenvalue weighted by atomic mass is 9.73. The number of rotatable bonds is 52. The van der Waals surface area contributed by atoms with Crippen LogP contribution < -0.4 is 0 Å². The van der Waals surface area contributed by atoms with Gasteiger partial charge in [-0.05, 0) is 103 Å². The van der Waals surface area contributed by atoms with E-state index in [0.717, 1.165) is 84.2 Å². The standard InChI is InChI=1S/C43H83NO7.2C11H24/c1-5-7-9-11-13-15-17-21-35-48-39(3)23-25-41(46)50-37-29-43(27-32-44(33-28-43)31-19-20-34-45)30-38-51-42(47)26-24-40(4)49-36-22-18-16-14-12-10-8-6-2;2*1-3-5-7-9-11-10-8-6-4-2/h39-40,45H,5-38H2,1-4H3;2*3-11H2,1-2H3. The van der Waals surface area contributed by atoms with Gasteiger partial charge in [-0.25, -0.2) is 0 Å². The molecule has 1 fully saturated rings. The molecule has 0 aromatic rings. The van der Waals surface area contributed by atoms with Crippen molar-refractivity contribution in [3.8, 4) is 0 Å². The van der Waals surface area contributed by atoms with Gasteiger partial charge in [-0.3, -0.25) is 9.59 Å². The van der Waals surface area contributed by atoms with E-state index in [1.54, 1.807) is 0 Å². The first-order valence-electron chi connectivity index (χ1n) is 32.5. The predicted molar refractivity (Wildman–Crippen MR) is 316 cm³/mol. The van der Waals surface area contributed by atoms with Crippen LogP contribution in [0.25, 0.3) is 0 Å². The van der Waals surface area contributed by atoms with Crippen LogP contribution >= 0.6 is 0 Å². The van der Waals surface area contributed by atoms with Gasteiger partial charge in [-0.15, -0.1) is 0 Å². The van der Waals surface area contributed by atoms with Crippen molar-refractivity contribution in [1.29, 1.82) is 0 Å². The van der Waals surface area contributed by atoms with Gasteiger partial charge in [0.05, 0.1) is 25.4 Å². The molecule has 0 bridgehead atoms. The quantitative estimate of drug-likeness (QED) is 0.0476. The highest BCUT2D eigenvalue weighted by Gasteiger charge is 2.35. The number of carbonyl (C=O) groups excluding carboxylic acids is 2. The summed E-state index contributed by atoms with van der Waals surface area (Å²) in [6.45, 7) is 23.2. The first-order valence-corrected chi connectivity index (χ1v) is 32.5. The second-order valence-corrected chi connectivity index (χ2v) is 22.6. The van der Waals surface area contributed by atoms with Crippen molar-refractivity contribution in [3.63, 3.8) is 0 Å². The molecule has 0 amide bonds. The van der Waals surface area contributed by atoms with Gasteiger partial charge in [-0.1, -0.05) is 247 Å². The van der Waals surface area contributed by atoms with Gasteiger partial charge in [0.15, 0.2) is 0 Å². The van der Waals surface area contributed by atoms with Gasteiger partial charge in [0.2, 0.25) is 0 Å². The van der Waals surface area contributed by atoms with Gasteiger partial charge in [0.1, 0.15) is 0 Å². The van der Waals surface area contributed by atoms with Gasteiger partial charge in [0, 0.05) is 32.7 Å². The highest BCUT2D eigenvalue weighted by molar-refractivity contribution is 5.69. The van der Waals surface area contributed by atoms with E-state index in [4.69, 9.17) is 18.9 Å². The Labute approximate surface area is 456 Å². The second-order valence-electron chi connectivity index (χ2n) is 22.6. The Hall–Kier alpha value is -1.22. The maximum Gasteiger partial charge on any atom is 0.305 e. The lowest BCUT2D eigenvalue weighted by molar-refractivity contribution is -0.146. The minimum absolute atomic E-state index is 0.00710. The lowest BCUT2D eigenvalue weighted by Crippen LogP contribution is -2.42. The predicted octanol–water partition coefficient (Wildman–Crippen LogP) is 19.4. The fourth-order valence-electron chi connectivity index (χ4n) is 9.85. The number of hydrogen-bond donors (Lipinski definition) is 1. The van der Waals surface area contributed by atoms with Crippen LogP contribution in [0, 0.1) is 5.41 Å². The van der Waals surface area contributed by atoms with Crippen molar-refractivity contribution in [3.05, 3.63) is 0 Å². The smallest absolute Gasteiger partial charge is 0.305 e. The molecule has 8 nitrogen and oxygen atoms in total. The molecule has 73 heavy (non-hydrogen) atoms. The minimum atomic E-state index is -0.153. The average Bonchev–Trinajstić information content (AvgIpc) is 3.39. The topological polar surface area (TPSA) is 94.5 Å². The third-order valence-electron chi connectivity index (χ3n) is 15.3. The third-order valence-corrected chi connectivity index (χ3v) is 15.3. The molecule has 0 aliphatic carbocycles. The van der Waals surface area contributed by atoms with Gasteiger partial charge < -0.3 is 29.0 Å². The summed E-state index contributed by atoms with van der Waals surface area (Å²) in [5, 5.41) is 9.17. The summed E-state index contributed by atoms with van der Waals surface area (Å²) < 4.78 is 23.4.